The second kappa shape index (κ2) is 5.61. The highest BCUT2D eigenvalue weighted by molar-refractivity contribution is 7.18. The molecule has 3 rings (SSSR count). The highest BCUT2D eigenvalue weighted by Gasteiger charge is 2.10. The molecule has 1 aromatic heterocycles. The smallest absolute Gasteiger partial charge is 0.115 e. The molecule has 1 heterocycles. The van der Waals surface area contributed by atoms with E-state index in [-0.39, 0.29) is 6.04 Å². The number of para-hydroxylation sites is 1. The van der Waals surface area contributed by atoms with Crippen molar-refractivity contribution in [2.45, 2.75) is 19.5 Å². The lowest BCUT2D eigenvalue weighted by Gasteiger charge is -2.11. The Morgan fingerprint density at radius 2 is 1.90 bits per heavy atom. The Labute approximate surface area is 121 Å². The molecule has 0 aliphatic rings. The fourth-order valence-electron chi connectivity index (χ4n) is 2.05. The summed E-state index contributed by atoms with van der Waals surface area (Å²) in [7, 11) is 0. The third-order valence-electron chi connectivity index (χ3n) is 3.23. The number of benzene rings is 2. The highest BCUT2D eigenvalue weighted by Crippen LogP contribution is 2.26. The van der Waals surface area contributed by atoms with Gasteiger partial charge in [0.15, 0.2) is 0 Å². The predicted molar refractivity (Wildman–Crippen MR) is 83.0 cm³/mol. The molecule has 2 N–H and O–H groups in total. The normalized spacial score (nSPS) is 12.7. The van der Waals surface area contributed by atoms with E-state index in [2.05, 4.69) is 23.3 Å². The molecular weight excluding hydrogens is 268 g/mol. The molecule has 0 saturated carbocycles. The van der Waals surface area contributed by atoms with Crippen LogP contribution in [0.3, 0.4) is 0 Å². The zero-order chi connectivity index (χ0) is 13.9. The number of nitrogens with one attached hydrogen (secondary N) is 1. The van der Waals surface area contributed by atoms with E-state index in [1.54, 1.807) is 23.5 Å². The molecule has 0 saturated heterocycles. The summed E-state index contributed by atoms with van der Waals surface area (Å²) >= 11 is 1.73. The Balaban J connectivity index is 1.69. The van der Waals surface area contributed by atoms with Gasteiger partial charge in [0, 0.05) is 6.54 Å². The van der Waals surface area contributed by atoms with Gasteiger partial charge in [-0.2, -0.15) is 0 Å². The average molecular weight is 284 g/mol. The molecule has 0 spiro atoms. The van der Waals surface area contributed by atoms with Gasteiger partial charge in [-0.05, 0) is 36.8 Å². The van der Waals surface area contributed by atoms with Crippen molar-refractivity contribution in [2.75, 3.05) is 0 Å². The van der Waals surface area contributed by atoms with Crippen molar-refractivity contribution in [3.8, 4) is 5.75 Å². The number of rotatable bonds is 4. The molecule has 0 aliphatic carbocycles. The summed E-state index contributed by atoms with van der Waals surface area (Å²) in [5.41, 5.74) is 2.21. The quantitative estimate of drug-likeness (QED) is 0.765. The largest absolute Gasteiger partial charge is 0.508 e. The minimum absolute atomic E-state index is 0.209. The highest BCUT2D eigenvalue weighted by atomic mass is 32.1. The van der Waals surface area contributed by atoms with E-state index in [4.69, 9.17) is 0 Å². The average Bonchev–Trinajstić information content (AvgIpc) is 2.90. The number of thiazole rings is 1. The summed E-state index contributed by atoms with van der Waals surface area (Å²) in [4.78, 5) is 4.66. The number of phenolic OH excluding ortho intramolecular Hbond substituents is 1. The van der Waals surface area contributed by atoms with Gasteiger partial charge in [0.2, 0.25) is 0 Å². The second-order valence-electron chi connectivity index (χ2n) is 4.79. The SMILES string of the molecule is CC(NCc1ccc(O)cc1)c1nc2ccccc2s1. The van der Waals surface area contributed by atoms with Gasteiger partial charge in [-0.25, -0.2) is 4.98 Å². The van der Waals surface area contributed by atoms with Crippen LogP contribution in [0.2, 0.25) is 0 Å². The van der Waals surface area contributed by atoms with E-state index < -0.39 is 0 Å². The third kappa shape index (κ3) is 2.81. The van der Waals surface area contributed by atoms with Crippen LogP contribution in [0, 0.1) is 0 Å². The summed E-state index contributed by atoms with van der Waals surface area (Å²) in [6, 6.07) is 15.7. The maximum atomic E-state index is 9.26. The van der Waals surface area contributed by atoms with Gasteiger partial charge in [-0.15, -0.1) is 11.3 Å². The van der Waals surface area contributed by atoms with Crippen LogP contribution >= 0.6 is 11.3 Å². The van der Waals surface area contributed by atoms with Gasteiger partial charge >= 0.3 is 0 Å². The van der Waals surface area contributed by atoms with E-state index in [0.717, 1.165) is 22.6 Å². The first-order valence-electron chi connectivity index (χ1n) is 6.59. The molecule has 3 aromatic rings. The van der Waals surface area contributed by atoms with Gasteiger partial charge in [0.1, 0.15) is 10.8 Å². The van der Waals surface area contributed by atoms with Crippen LogP contribution in [0.5, 0.6) is 5.75 Å². The van der Waals surface area contributed by atoms with Crippen LogP contribution in [-0.4, -0.2) is 10.1 Å². The molecule has 0 aliphatic heterocycles. The number of hydrogen-bond donors (Lipinski definition) is 2. The Morgan fingerprint density at radius 1 is 1.15 bits per heavy atom. The molecule has 4 heteroatoms. The molecule has 0 fully saturated rings. The van der Waals surface area contributed by atoms with E-state index in [1.165, 1.54) is 4.70 Å². The number of aromatic hydroxyl groups is 1. The van der Waals surface area contributed by atoms with E-state index in [0.29, 0.717) is 5.75 Å². The van der Waals surface area contributed by atoms with E-state index in [1.807, 2.05) is 30.3 Å². The van der Waals surface area contributed by atoms with Gasteiger partial charge in [-0.1, -0.05) is 24.3 Å². The lowest BCUT2D eigenvalue weighted by Crippen LogP contribution is -2.17. The minimum Gasteiger partial charge on any atom is -0.508 e. The summed E-state index contributed by atoms with van der Waals surface area (Å²) in [6.45, 7) is 2.88. The molecule has 1 unspecified atom stereocenters. The van der Waals surface area contributed by atoms with Crippen LogP contribution in [0.15, 0.2) is 48.5 Å². The molecule has 3 nitrogen and oxygen atoms in total. The third-order valence-corrected chi connectivity index (χ3v) is 4.45. The fraction of sp³-hybridized carbons (Fsp3) is 0.188. The first-order valence-corrected chi connectivity index (χ1v) is 7.41. The Hall–Kier alpha value is -1.91. The Bertz CT molecular complexity index is 673. The van der Waals surface area contributed by atoms with Gasteiger partial charge in [-0.3, -0.25) is 0 Å². The Morgan fingerprint density at radius 3 is 2.65 bits per heavy atom. The molecule has 2 aromatic carbocycles. The number of nitrogens with zero attached hydrogens (tertiary/aromatic N) is 1. The number of hydrogen-bond acceptors (Lipinski definition) is 4. The van der Waals surface area contributed by atoms with Crippen molar-refractivity contribution >= 4 is 21.6 Å². The lowest BCUT2D eigenvalue weighted by molar-refractivity contribution is 0.474. The number of fused-ring (bicyclic) bond motifs is 1. The summed E-state index contributed by atoms with van der Waals surface area (Å²) < 4.78 is 1.22. The van der Waals surface area contributed by atoms with Crippen LogP contribution in [0.25, 0.3) is 10.2 Å². The van der Waals surface area contributed by atoms with Crippen molar-refractivity contribution in [2.24, 2.45) is 0 Å². The molecular formula is C16H16N2OS. The predicted octanol–water partition coefficient (Wildman–Crippen LogP) is 3.85. The zero-order valence-corrected chi connectivity index (χ0v) is 12.0. The maximum absolute atomic E-state index is 9.26. The molecule has 0 amide bonds. The van der Waals surface area contributed by atoms with Crippen LogP contribution in [0.4, 0.5) is 0 Å². The van der Waals surface area contributed by atoms with Crippen LogP contribution in [-0.2, 0) is 6.54 Å². The van der Waals surface area contributed by atoms with E-state index >= 15 is 0 Å². The monoisotopic (exact) mass is 284 g/mol. The molecule has 20 heavy (non-hydrogen) atoms. The summed E-state index contributed by atoms with van der Waals surface area (Å²) in [5.74, 6) is 0.299. The lowest BCUT2D eigenvalue weighted by atomic mass is 10.2. The van der Waals surface area contributed by atoms with Gasteiger partial charge < -0.3 is 10.4 Å². The van der Waals surface area contributed by atoms with Gasteiger partial charge in [0.25, 0.3) is 0 Å². The molecule has 1 atom stereocenters. The first-order chi connectivity index (χ1) is 9.72. The second-order valence-corrected chi connectivity index (χ2v) is 5.85. The van der Waals surface area contributed by atoms with Gasteiger partial charge in [0.05, 0.1) is 16.3 Å². The molecule has 0 radical (unpaired) electrons. The fourth-order valence-corrected chi connectivity index (χ4v) is 3.04. The Kier molecular flexibility index (Phi) is 3.67. The van der Waals surface area contributed by atoms with Crippen molar-refractivity contribution in [1.29, 1.82) is 0 Å². The molecule has 102 valence electrons. The first kappa shape index (κ1) is 13.1. The van der Waals surface area contributed by atoms with Crippen molar-refractivity contribution in [1.82, 2.24) is 10.3 Å². The summed E-state index contributed by atoms with van der Waals surface area (Å²) in [5, 5.41) is 13.8. The maximum Gasteiger partial charge on any atom is 0.115 e. The van der Waals surface area contributed by atoms with Crippen molar-refractivity contribution in [3.63, 3.8) is 0 Å². The molecule has 0 bridgehead atoms. The topological polar surface area (TPSA) is 45.1 Å². The minimum atomic E-state index is 0.209. The van der Waals surface area contributed by atoms with Crippen molar-refractivity contribution < 1.29 is 5.11 Å². The number of phenols is 1. The van der Waals surface area contributed by atoms with Crippen molar-refractivity contribution in [3.05, 3.63) is 59.1 Å². The van der Waals surface area contributed by atoms with Crippen LogP contribution in [0.1, 0.15) is 23.5 Å². The number of aromatic nitrogens is 1. The van der Waals surface area contributed by atoms with Crippen LogP contribution < -0.4 is 5.32 Å². The summed E-state index contributed by atoms with van der Waals surface area (Å²) in [6.07, 6.45) is 0. The zero-order valence-electron chi connectivity index (χ0n) is 11.2. The van der Waals surface area contributed by atoms with E-state index in [9.17, 15) is 5.11 Å². The standard InChI is InChI=1S/C16H16N2OS/c1-11(17-10-12-6-8-13(19)9-7-12)16-18-14-4-2-3-5-15(14)20-16/h2-9,11,17,19H,10H2,1H3.